The molecule has 0 radical (unpaired) electrons. The Hall–Kier alpha value is -7.60. The number of hydrogen-bond acceptors (Lipinski definition) is 20. The number of aliphatic carboxylic acids is 3. The van der Waals surface area contributed by atoms with Crippen LogP contribution in [0.3, 0.4) is 0 Å². The lowest BCUT2D eigenvalue weighted by molar-refractivity contribution is -0.418. The van der Waals surface area contributed by atoms with Gasteiger partial charge in [-0.05, 0) is 36.0 Å². The molecule has 3 aromatic carbocycles. The molecule has 1 unspecified atom stereocenters. The highest BCUT2D eigenvalue weighted by atomic mass is 16.6. The van der Waals surface area contributed by atoms with E-state index in [2.05, 4.69) is 17.2 Å². The standard InChI is InChI=1S/3C16H23NO4.C6H6O8/c3*1-12(2)15(17)16(19)20-10-6-9-14(18)21-11-13-7-4-3-5-8-13;7-2(8)1-6(14,5(12)13)3(9)4(10)11/h3*3-5,7-8,12,15H,6,9-11,17H2,1-2H3;14H,1H2,(H,7,8)(H,10,11)(H,12,13)/t3*15-;/m000./s1. The lowest BCUT2D eigenvalue weighted by atomic mass is 9.94. The van der Waals surface area contributed by atoms with E-state index in [1.165, 1.54) is 0 Å². The number of ketones is 1. The Bertz CT molecular complexity index is 2080. The van der Waals surface area contributed by atoms with Crippen LogP contribution in [0.2, 0.25) is 0 Å². The third-order valence-electron chi connectivity index (χ3n) is 10.7. The molecule has 0 aliphatic carbocycles. The van der Waals surface area contributed by atoms with E-state index in [4.69, 9.17) is 33.5 Å². The first-order valence-electron chi connectivity index (χ1n) is 24.7. The van der Waals surface area contributed by atoms with E-state index in [-0.39, 0.29) is 131 Å². The second-order valence-corrected chi connectivity index (χ2v) is 18.1. The zero-order valence-corrected chi connectivity index (χ0v) is 44.6. The summed E-state index contributed by atoms with van der Waals surface area (Å²) in [5.41, 5.74) is 10.4. The van der Waals surface area contributed by atoms with Crippen molar-refractivity contribution in [3.8, 4) is 0 Å². The molecule has 3 aromatic rings. The van der Waals surface area contributed by atoms with Crippen molar-refractivity contribution in [2.45, 2.75) is 130 Å². The van der Waals surface area contributed by atoms with Crippen molar-refractivity contribution in [1.82, 2.24) is 0 Å². The average molecular weight is 1090 g/mol. The second kappa shape index (κ2) is 38.9. The third-order valence-corrected chi connectivity index (χ3v) is 10.7. The molecule has 0 aromatic heterocycles. The summed E-state index contributed by atoms with van der Waals surface area (Å²) in [5, 5.41) is 38.8. The molecule has 0 fully saturated rings. The van der Waals surface area contributed by atoms with Gasteiger partial charge in [0.2, 0.25) is 5.78 Å². The van der Waals surface area contributed by atoms with Crippen LogP contribution in [-0.2, 0) is 96.2 Å². The number of carbonyl (C=O) groups excluding carboxylic acids is 10. The Labute approximate surface area is 447 Å². The average Bonchev–Trinajstić information content (AvgIpc) is 3.40. The predicted molar refractivity (Wildman–Crippen MR) is 263 cm³/mol. The van der Waals surface area contributed by atoms with Crippen LogP contribution >= 0.6 is 0 Å². The molecule has 10 N–H and O–H groups in total. The minimum absolute atomic E-state index is 0.147. The number of carbonyl (C=O) groups is 10. The quantitative estimate of drug-likeness (QED) is 0.0190. The highest BCUT2D eigenvalue weighted by molar-refractivity contribution is 6.40. The van der Waals surface area contributed by atoms with Crippen LogP contribution in [0.4, 0.5) is 0 Å². The van der Waals surface area contributed by atoms with Gasteiger partial charge < -0.3 is 80.4 Å². The number of hydrogen-bond donors (Lipinski definition) is 4. The Morgan fingerprint density at radius 3 is 0.922 bits per heavy atom. The van der Waals surface area contributed by atoms with E-state index in [9.17, 15) is 63.3 Å². The first-order chi connectivity index (χ1) is 36.2. The molecule has 0 bridgehead atoms. The lowest BCUT2D eigenvalue weighted by Crippen LogP contribution is -2.67. The summed E-state index contributed by atoms with van der Waals surface area (Å²) in [7, 11) is 0. The number of aliphatic hydroxyl groups is 1. The molecule has 0 aliphatic rings. The van der Waals surface area contributed by atoms with E-state index in [0.717, 1.165) is 16.7 Å². The van der Waals surface area contributed by atoms with Gasteiger partial charge in [-0.2, -0.15) is 0 Å². The summed E-state index contributed by atoms with van der Waals surface area (Å²) in [5.74, 6) is -10.9. The van der Waals surface area contributed by atoms with Crippen molar-refractivity contribution in [3.05, 3.63) is 108 Å². The number of rotatable bonds is 29. The second-order valence-electron chi connectivity index (χ2n) is 18.1. The molecule has 426 valence electrons. The van der Waals surface area contributed by atoms with Gasteiger partial charge in [0.05, 0.1) is 25.8 Å². The van der Waals surface area contributed by atoms with Gasteiger partial charge in [-0.3, -0.25) is 19.2 Å². The van der Waals surface area contributed by atoms with Crippen LogP contribution < -0.4 is 32.5 Å². The first-order valence-corrected chi connectivity index (χ1v) is 24.7. The van der Waals surface area contributed by atoms with Gasteiger partial charge in [0.25, 0.3) is 0 Å². The zero-order chi connectivity index (χ0) is 58.5. The molecule has 0 aliphatic heterocycles. The van der Waals surface area contributed by atoms with Crippen molar-refractivity contribution in [3.63, 3.8) is 0 Å². The minimum atomic E-state index is -3.66. The van der Waals surface area contributed by atoms with Gasteiger partial charge in [-0.1, -0.05) is 133 Å². The SMILES string of the molecule is CC(C)[C@H]([NH3+])C(=O)OCCCC(=O)OCc1ccccc1.CC(C)[C@H]([NH3+])C(=O)OCCCC(=O)OCc1ccccc1.CC(C)[C@H]([NH3+])C(=O)OCCCC(=O)OCc1ccccc1.O=C([O-])CC(O)(C(=O)[O-])C(=O)C(=O)[O-]. The summed E-state index contributed by atoms with van der Waals surface area (Å²) >= 11 is 0. The molecular weight excluding hydrogens is 1010 g/mol. The van der Waals surface area contributed by atoms with Gasteiger partial charge >= 0.3 is 35.8 Å². The number of quaternary nitrogens is 3. The van der Waals surface area contributed by atoms with E-state index < -0.39 is 35.7 Å². The number of ether oxygens (including phenoxy) is 6. The van der Waals surface area contributed by atoms with Gasteiger partial charge in [0.15, 0.2) is 23.7 Å². The van der Waals surface area contributed by atoms with E-state index in [1.807, 2.05) is 133 Å². The molecule has 23 nitrogen and oxygen atoms in total. The Kier molecular flexibility index (Phi) is 35.0. The number of carboxylic acid groups (broad SMARTS) is 3. The van der Waals surface area contributed by atoms with Crippen molar-refractivity contribution < 1.29 is 114 Å². The van der Waals surface area contributed by atoms with Crippen LogP contribution in [-0.4, -0.2) is 108 Å². The summed E-state index contributed by atoms with van der Waals surface area (Å²) in [6, 6.07) is 27.4. The van der Waals surface area contributed by atoms with E-state index in [1.54, 1.807) is 0 Å². The Morgan fingerprint density at radius 1 is 0.455 bits per heavy atom. The fraction of sp³-hybridized carbons (Fsp3) is 0.481. The van der Waals surface area contributed by atoms with Crippen LogP contribution in [0.15, 0.2) is 91.0 Å². The van der Waals surface area contributed by atoms with Crippen molar-refractivity contribution in [1.29, 1.82) is 0 Å². The molecule has 23 heteroatoms. The molecule has 3 rings (SSSR count). The third kappa shape index (κ3) is 31.8. The smallest absolute Gasteiger partial charge is 0.365 e. The maximum absolute atomic E-state index is 11.5. The molecule has 0 amide bonds. The molecule has 0 heterocycles. The van der Waals surface area contributed by atoms with Crippen molar-refractivity contribution in [2.24, 2.45) is 17.8 Å². The Morgan fingerprint density at radius 2 is 0.714 bits per heavy atom. The highest BCUT2D eigenvalue weighted by Gasteiger charge is 2.38. The van der Waals surface area contributed by atoms with Gasteiger partial charge in [-0.15, -0.1) is 0 Å². The van der Waals surface area contributed by atoms with Gasteiger partial charge in [0.1, 0.15) is 25.8 Å². The minimum Gasteiger partial charge on any atom is -0.550 e. The van der Waals surface area contributed by atoms with Gasteiger partial charge in [0, 0.05) is 49.4 Å². The highest BCUT2D eigenvalue weighted by Crippen LogP contribution is 2.11. The molecule has 0 saturated carbocycles. The maximum atomic E-state index is 11.5. The number of benzene rings is 3. The summed E-state index contributed by atoms with van der Waals surface area (Å²) < 4.78 is 30.6. The summed E-state index contributed by atoms with van der Waals surface area (Å²) in [6.45, 7) is 13.0. The molecular formula is C54H75N3O20. The Balaban J connectivity index is 0.00000101. The maximum Gasteiger partial charge on any atom is 0.365 e. The van der Waals surface area contributed by atoms with Crippen LogP contribution in [0.5, 0.6) is 0 Å². The molecule has 0 saturated heterocycles. The van der Waals surface area contributed by atoms with Crippen LogP contribution in [0.25, 0.3) is 0 Å². The van der Waals surface area contributed by atoms with Crippen LogP contribution in [0, 0.1) is 17.8 Å². The van der Waals surface area contributed by atoms with Crippen molar-refractivity contribution >= 4 is 59.5 Å². The number of Topliss-reactive ketones (excluding diaryl/α,β-unsaturated/α-hetero) is 1. The number of esters is 6. The number of carboxylic acids is 3. The zero-order valence-electron chi connectivity index (χ0n) is 44.6. The van der Waals surface area contributed by atoms with Gasteiger partial charge in [-0.25, -0.2) is 14.4 Å². The van der Waals surface area contributed by atoms with E-state index >= 15 is 0 Å². The largest absolute Gasteiger partial charge is 0.550 e. The fourth-order valence-electron chi connectivity index (χ4n) is 5.36. The molecule has 77 heavy (non-hydrogen) atoms. The topological polar surface area (TPSA) is 398 Å². The molecule has 0 spiro atoms. The van der Waals surface area contributed by atoms with E-state index in [0.29, 0.717) is 19.3 Å². The first kappa shape index (κ1) is 69.4. The lowest BCUT2D eigenvalue weighted by Gasteiger charge is -2.27. The monoisotopic (exact) mass is 1090 g/mol. The molecule has 4 atom stereocenters. The summed E-state index contributed by atoms with van der Waals surface area (Å²) in [6.07, 6.45) is 0.386. The fourth-order valence-corrected chi connectivity index (χ4v) is 5.36. The normalized spacial score (nSPS) is 12.4. The summed E-state index contributed by atoms with van der Waals surface area (Å²) in [4.78, 5) is 110. The van der Waals surface area contributed by atoms with Crippen LogP contribution in [0.1, 0.15) is 103 Å². The predicted octanol–water partition coefficient (Wildman–Crippen LogP) is -2.11. The van der Waals surface area contributed by atoms with Crippen molar-refractivity contribution in [2.75, 3.05) is 19.8 Å².